The lowest BCUT2D eigenvalue weighted by Crippen LogP contribution is -2.43. The van der Waals surface area contributed by atoms with Crippen LogP contribution in [0.3, 0.4) is 0 Å². The largest absolute Gasteiger partial charge is 0.299 e. The first-order valence-electron chi connectivity index (χ1n) is 6.94. The number of sulfone groups is 1. The van der Waals surface area contributed by atoms with E-state index in [9.17, 15) is 8.42 Å². The Bertz CT molecular complexity index is 470. The lowest BCUT2D eigenvalue weighted by Gasteiger charge is -2.35. The number of nitrogens with zero attached hydrogens (tertiary/aromatic N) is 3. The molecular formula is C13H23N3O2S. The summed E-state index contributed by atoms with van der Waals surface area (Å²) in [6, 6.07) is 2.44. The lowest BCUT2D eigenvalue weighted by atomic mass is 10.0. The van der Waals surface area contributed by atoms with Gasteiger partial charge in [-0.1, -0.05) is 6.42 Å². The van der Waals surface area contributed by atoms with Gasteiger partial charge in [-0.3, -0.25) is 9.58 Å². The molecule has 0 aromatic carbocycles. The Morgan fingerprint density at radius 1 is 1.37 bits per heavy atom. The molecule has 1 aliphatic rings. The first-order valence-corrected chi connectivity index (χ1v) is 9.00. The second-order valence-electron chi connectivity index (χ2n) is 5.40. The molecule has 1 aliphatic heterocycles. The van der Waals surface area contributed by atoms with Crippen molar-refractivity contribution in [3.05, 3.63) is 18.5 Å². The van der Waals surface area contributed by atoms with Crippen molar-refractivity contribution >= 4 is 9.84 Å². The quantitative estimate of drug-likeness (QED) is 0.787. The highest BCUT2D eigenvalue weighted by Gasteiger charge is 2.22. The van der Waals surface area contributed by atoms with E-state index in [-0.39, 0.29) is 5.75 Å². The van der Waals surface area contributed by atoms with Crippen LogP contribution in [0.5, 0.6) is 0 Å². The van der Waals surface area contributed by atoms with Crippen LogP contribution < -0.4 is 0 Å². The third-order valence-electron chi connectivity index (χ3n) is 3.67. The summed E-state index contributed by atoms with van der Waals surface area (Å²) >= 11 is 0. The van der Waals surface area contributed by atoms with Crippen molar-refractivity contribution in [2.24, 2.45) is 0 Å². The minimum Gasteiger partial charge on any atom is -0.299 e. The molecule has 0 radical (unpaired) electrons. The minimum absolute atomic E-state index is 0.290. The average molecular weight is 285 g/mol. The topological polar surface area (TPSA) is 55.2 Å². The molecule has 1 aromatic rings. The highest BCUT2D eigenvalue weighted by molar-refractivity contribution is 7.90. The zero-order valence-electron chi connectivity index (χ0n) is 11.5. The fourth-order valence-corrected chi connectivity index (χ4v) is 3.37. The Morgan fingerprint density at radius 3 is 2.89 bits per heavy atom. The van der Waals surface area contributed by atoms with Gasteiger partial charge < -0.3 is 0 Å². The Kier molecular flexibility index (Phi) is 4.99. The van der Waals surface area contributed by atoms with Crippen molar-refractivity contribution in [3.8, 4) is 0 Å². The Balaban J connectivity index is 1.85. The Hall–Kier alpha value is -0.880. The molecule has 19 heavy (non-hydrogen) atoms. The van der Waals surface area contributed by atoms with Gasteiger partial charge in [-0.15, -0.1) is 0 Å². The van der Waals surface area contributed by atoms with E-state index in [2.05, 4.69) is 10.00 Å². The van der Waals surface area contributed by atoms with Gasteiger partial charge in [0.25, 0.3) is 0 Å². The fraction of sp³-hybridized carbons (Fsp3) is 0.769. The van der Waals surface area contributed by atoms with Crippen LogP contribution >= 0.6 is 0 Å². The zero-order chi connectivity index (χ0) is 13.7. The zero-order valence-corrected chi connectivity index (χ0v) is 12.3. The van der Waals surface area contributed by atoms with Crippen molar-refractivity contribution in [2.75, 3.05) is 25.1 Å². The lowest BCUT2D eigenvalue weighted by molar-refractivity contribution is 0.130. The van der Waals surface area contributed by atoms with Crippen LogP contribution in [0.25, 0.3) is 0 Å². The summed E-state index contributed by atoms with van der Waals surface area (Å²) in [7, 11) is -2.84. The van der Waals surface area contributed by atoms with Crippen molar-refractivity contribution in [3.63, 3.8) is 0 Å². The standard InChI is InChI=1S/C13H23N3O2S/c1-19(17,18)11-5-9-15-8-3-2-6-13(15)12-16-10-4-7-14-16/h4,7,10,13H,2-3,5-6,8-9,11-12H2,1H3. The van der Waals surface area contributed by atoms with E-state index in [4.69, 9.17) is 0 Å². The number of rotatable bonds is 6. The molecule has 2 heterocycles. The van der Waals surface area contributed by atoms with Gasteiger partial charge in [0.2, 0.25) is 0 Å². The SMILES string of the molecule is CS(=O)(=O)CCCN1CCCCC1Cn1cccn1. The maximum Gasteiger partial charge on any atom is 0.147 e. The second kappa shape index (κ2) is 6.52. The third kappa shape index (κ3) is 4.95. The molecule has 1 saturated heterocycles. The van der Waals surface area contributed by atoms with E-state index in [1.165, 1.54) is 25.5 Å². The van der Waals surface area contributed by atoms with Crippen molar-refractivity contribution < 1.29 is 8.42 Å². The van der Waals surface area contributed by atoms with Crippen LogP contribution in [0.2, 0.25) is 0 Å². The summed E-state index contributed by atoms with van der Waals surface area (Å²) < 4.78 is 24.3. The fourth-order valence-electron chi connectivity index (χ4n) is 2.72. The molecule has 1 aromatic heterocycles. The number of likely N-dealkylation sites (tertiary alicyclic amines) is 1. The van der Waals surface area contributed by atoms with Gasteiger partial charge in [-0.2, -0.15) is 5.10 Å². The highest BCUT2D eigenvalue weighted by atomic mass is 32.2. The van der Waals surface area contributed by atoms with Gasteiger partial charge in [-0.25, -0.2) is 8.42 Å². The van der Waals surface area contributed by atoms with E-state index in [1.54, 1.807) is 6.20 Å². The molecule has 1 unspecified atom stereocenters. The van der Waals surface area contributed by atoms with Crippen molar-refractivity contribution in [1.29, 1.82) is 0 Å². The predicted octanol–water partition coefficient (Wildman–Crippen LogP) is 1.17. The second-order valence-corrected chi connectivity index (χ2v) is 7.66. The van der Waals surface area contributed by atoms with E-state index in [0.29, 0.717) is 6.04 Å². The van der Waals surface area contributed by atoms with E-state index < -0.39 is 9.84 Å². The van der Waals surface area contributed by atoms with Crippen molar-refractivity contribution in [1.82, 2.24) is 14.7 Å². The molecule has 0 aliphatic carbocycles. The summed E-state index contributed by atoms with van der Waals surface area (Å²) in [6.45, 7) is 2.86. The van der Waals surface area contributed by atoms with E-state index >= 15 is 0 Å². The number of aromatic nitrogens is 2. The Morgan fingerprint density at radius 2 is 2.21 bits per heavy atom. The van der Waals surface area contributed by atoms with Crippen LogP contribution in [0, 0.1) is 0 Å². The van der Waals surface area contributed by atoms with Crippen LogP contribution in [-0.4, -0.2) is 54.2 Å². The summed E-state index contributed by atoms with van der Waals surface area (Å²) in [5.74, 6) is 0.290. The molecule has 0 spiro atoms. The number of hydrogen-bond acceptors (Lipinski definition) is 4. The molecule has 5 nitrogen and oxygen atoms in total. The summed E-state index contributed by atoms with van der Waals surface area (Å²) in [4.78, 5) is 2.43. The summed E-state index contributed by atoms with van der Waals surface area (Å²) in [5.41, 5.74) is 0. The summed E-state index contributed by atoms with van der Waals surface area (Å²) in [5, 5.41) is 4.26. The van der Waals surface area contributed by atoms with Gasteiger partial charge in [0.05, 0.1) is 12.3 Å². The molecule has 1 fully saturated rings. The molecule has 0 amide bonds. The first-order chi connectivity index (χ1) is 9.04. The van der Waals surface area contributed by atoms with Crippen LogP contribution in [0.4, 0.5) is 0 Å². The molecule has 0 N–H and O–H groups in total. The van der Waals surface area contributed by atoms with Crippen molar-refractivity contribution in [2.45, 2.75) is 38.3 Å². The maximum atomic E-state index is 11.2. The van der Waals surface area contributed by atoms with Gasteiger partial charge in [0.15, 0.2) is 0 Å². The average Bonchev–Trinajstić information content (AvgIpc) is 2.82. The Labute approximate surface area is 115 Å². The van der Waals surface area contributed by atoms with Crippen LogP contribution in [0.15, 0.2) is 18.5 Å². The van der Waals surface area contributed by atoms with Crippen LogP contribution in [-0.2, 0) is 16.4 Å². The molecular weight excluding hydrogens is 262 g/mol. The normalized spacial score (nSPS) is 21.6. The van der Waals surface area contributed by atoms with E-state index in [0.717, 1.165) is 26.1 Å². The van der Waals surface area contributed by atoms with Gasteiger partial charge in [0.1, 0.15) is 9.84 Å². The summed E-state index contributed by atoms with van der Waals surface area (Å²) in [6.07, 6.45) is 9.49. The molecule has 0 saturated carbocycles. The van der Waals surface area contributed by atoms with E-state index in [1.807, 2.05) is 16.9 Å². The maximum absolute atomic E-state index is 11.2. The highest BCUT2D eigenvalue weighted by Crippen LogP contribution is 2.18. The van der Waals surface area contributed by atoms with Gasteiger partial charge in [0, 0.05) is 24.7 Å². The first kappa shape index (κ1) is 14.5. The number of hydrogen-bond donors (Lipinski definition) is 0. The smallest absolute Gasteiger partial charge is 0.147 e. The van der Waals surface area contributed by atoms with Gasteiger partial charge >= 0.3 is 0 Å². The molecule has 108 valence electrons. The third-order valence-corrected chi connectivity index (χ3v) is 4.70. The number of piperidine rings is 1. The molecule has 2 rings (SSSR count). The van der Waals surface area contributed by atoms with Crippen LogP contribution in [0.1, 0.15) is 25.7 Å². The molecule has 0 bridgehead atoms. The van der Waals surface area contributed by atoms with Gasteiger partial charge in [-0.05, 0) is 38.4 Å². The minimum atomic E-state index is -2.84. The monoisotopic (exact) mass is 285 g/mol. The molecule has 6 heteroatoms. The predicted molar refractivity (Wildman–Crippen MR) is 75.8 cm³/mol. The molecule has 1 atom stereocenters.